The van der Waals surface area contributed by atoms with Gasteiger partial charge in [0.05, 0.1) is 26.9 Å². The number of hydrogen-bond donors (Lipinski definition) is 0. The summed E-state index contributed by atoms with van der Waals surface area (Å²) in [7, 11) is 1.38. The Morgan fingerprint density at radius 1 is 1.47 bits per heavy atom. The predicted molar refractivity (Wildman–Crippen MR) is 60.8 cm³/mol. The molecule has 0 saturated carbocycles. The van der Waals surface area contributed by atoms with Gasteiger partial charge in [0, 0.05) is 25.8 Å². The average Bonchev–Trinajstić information content (AvgIpc) is 2.85. The first-order chi connectivity index (χ1) is 8.31. The third kappa shape index (κ3) is 3.04. The fourth-order valence-corrected chi connectivity index (χ4v) is 1.85. The maximum Gasteiger partial charge on any atom is 0.356 e. The van der Waals surface area contributed by atoms with Crippen LogP contribution in [0.3, 0.4) is 0 Å². The molecule has 0 N–H and O–H groups in total. The van der Waals surface area contributed by atoms with Crippen LogP contribution in [-0.4, -0.2) is 60.6 Å². The second kappa shape index (κ2) is 5.79. The summed E-state index contributed by atoms with van der Waals surface area (Å²) >= 11 is 0. The summed E-state index contributed by atoms with van der Waals surface area (Å²) < 4.78 is 11.7. The summed E-state index contributed by atoms with van der Waals surface area (Å²) in [6.45, 7) is 5.00. The first-order valence-electron chi connectivity index (χ1n) is 5.71. The summed E-state index contributed by atoms with van der Waals surface area (Å²) in [5.41, 5.74) is 0.501. The lowest BCUT2D eigenvalue weighted by Gasteiger charge is -2.26. The van der Waals surface area contributed by atoms with E-state index < -0.39 is 0 Å². The molecule has 0 aliphatic carbocycles. The Labute approximate surface area is 100 Å². The lowest BCUT2D eigenvalue weighted by atomic mass is 10.4. The van der Waals surface area contributed by atoms with E-state index in [1.165, 1.54) is 7.11 Å². The molecular weight excluding hydrogens is 222 g/mol. The molecule has 6 nitrogen and oxygen atoms in total. The van der Waals surface area contributed by atoms with Crippen LogP contribution in [0.4, 0.5) is 0 Å². The number of esters is 1. The number of morpholine rings is 1. The van der Waals surface area contributed by atoms with Crippen LogP contribution in [0.25, 0.3) is 0 Å². The maximum absolute atomic E-state index is 11.4. The molecule has 0 amide bonds. The van der Waals surface area contributed by atoms with Crippen molar-refractivity contribution in [3.63, 3.8) is 0 Å². The van der Waals surface area contributed by atoms with Crippen LogP contribution in [0, 0.1) is 0 Å². The van der Waals surface area contributed by atoms with Gasteiger partial charge in [0.25, 0.3) is 0 Å². The maximum atomic E-state index is 11.4. The zero-order valence-electron chi connectivity index (χ0n) is 9.96. The van der Waals surface area contributed by atoms with Gasteiger partial charge in [-0.05, 0) is 6.07 Å². The van der Waals surface area contributed by atoms with Gasteiger partial charge < -0.3 is 9.47 Å². The Hall–Kier alpha value is -1.40. The molecule has 2 rings (SSSR count). The third-order valence-corrected chi connectivity index (χ3v) is 2.84. The third-order valence-electron chi connectivity index (χ3n) is 2.84. The van der Waals surface area contributed by atoms with Crippen LogP contribution in [0.1, 0.15) is 10.5 Å². The highest BCUT2D eigenvalue weighted by Crippen LogP contribution is 2.03. The van der Waals surface area contributed by atoms with E-state index in [2.05, 4.69) is 10.00 Å². The van der Waals surface area contributed by atoms with Gasteiger partial charge in [-0.3, -0.25) is 9.58 Å². The smallest absolute Gasteiger partial charge is 0.356 e. The normalized spacial score (nSPS) is 17.0. The summed E-state index contributed by atoms with van der Waals surface area (Å²) in [6.07, 6.45) is 1.62. The van der Waals surface area contributed by atoms with Gasteiger partial charge in [0.15, 0.2) is 0 Å². The van der Waals surface area contributed by atoms with Crippen LogP contribution in [0.2, 0.25) is 0 Å². The first-order valence-corrected chi connectivity index (χ1v) is 5.71. The van der Waals surface area contributed by atoms with Crippen LogP contribution in [0.15, 0.2) is 12.3 Å². The van der Waals surface area contributed by atoms with E-state index in [0.29, 0.717) is 12.2 Å². The van der Waals surface area contributed by atoms with E-state index in [0.717, 1.165) is 32.8 Å². The highest BCUT2D eigenvalue weighted by Gasteiger charge is 2.14. The topological polar surface area (TPSA) is 56.6 Å². The molecule has 0 atom stereocenters. The van der Waals surface area contributed by atoms with Crippen molar-refractivity contribution in [2.45, 2.75) is 6.54 Å². The number of ether oxygens (including phenoxy) is 2. The van der Waals surface area contributed by atoms with E-state index in [9.17, 15) is 4.79 Å². The lowest BCUT2D eigenvalue weighted by molar-refractivity contribution is 0.0354. The Morgan fingerprint density at radius 3 is 2.94 bits per heavy atom. The molecule has 0 aromatic carbocycles. The summed E-state index contributed by atoms with van der Waals surface area (Å²) in [5.74, 6) is -0.343. The molecule has 2 heterocycles. The molecule has 1 aliphatic heterocycles. The van der Waals surface area contributed by atoms with Gasteiger partial charge in [-0.2, -0.15) is 5.10 Å². The Bertz CT molecular complexity index is 372. The highest BCUT2D eigenvalue weighted by atomic mass is 16.5. The monoisotopic (exact) mass is 239 g/mol. The van der Waals surface area contributed by atoms with Gasteiger partial charge in [-0.25, -0.2) is 4.79 Å². The van der Waals surface area contributed by atoms with E-state index in [-0.39, 0.29) is 5.97 Å². The van der Waals surface area contributed by atoms with Crippen LogP contribution < -0.4 is 0 Å². The summed E-state index contributed by atoms with van der Waals surface area (Å²) in [4.78, 5) is 13.7. The van der Waals surface area contributed by atoms with E-state index >= 15 is 0 Å². The van der Waals surface area contributed by atoms with Gasteiger partial charge in [0.2, 0.25) is 0 Å². The molecule has 1 aliphatic rings. The molecule has 17 heavy (non-hydrogen) atoms. The molecule has 0 bridgehead atoms. The molecular formula is C11H17N3O3. The lowest BCUT2D eigenvalue weighted by Crippen LogP contribution is -2.38. The highest BCUT2D eigenvalue weighted by molar-refractivity contribution is 5.87. The molecule has 0 spiro atoms. The Kier molecular flexibility index (Phi) is 4.11. The quantitative estimate of drug-likeness (QED) is 0.692. The SMILES string of the molecule is COC(=O)c1ccnn1CCN1CCOCC1. The molecule has 1 aromatic rings. The zero-order valence-corrected chi connectivity index (χ0v) is 9.96. The van der Waals surface area contributed by atoms with Crippen molar-refractivity contribution >= 4 is 5.97 Å². The second-order valence-electron chi connectivity index (χ2n) is 3.89. The molecule has 1 aromatic heterocycles. The van der Waals surface area contributed by atoms with Crippen LogP contribution in [0.5, 0.6) is 0 Å². The van der Waals surface area contributed by atoms with Crippen molar-refractivity contribution in [3.05, 3.63) is 18.0 Å². The molecule has 6 heteroatoms. The van der Waals surface area contributed by atoms with Crippen molar-refractivity contribution in [1.82, 2.24) is 14.7 Å². The van der Waals surface area contributed by atoms with Crippen molar-refractivity contribution < 1.29 is 14.3 Å². The number of aromatic nitrogens is 2. The number of carbonyl (C=O) groups is 1. The van der Waals surface area contributed by atoms with Crippen molar-refractivity contribution in [3.8, 4) is 0 Å². The van der Waals surface area contributed by atoms with Crippen molar-refractivity contribution in [2.75, 3.05) is 40.0 Å². The summed E-state index contributed by atoms with van der Waals surface area (Å²) in [5, 5.41) is 4.13. The number of methoxy groups -OCH3 is 1. The molecule has 94 valence electrons. The molecule has 0 unspecified atom stereocenters. The fourth-order valence-electron chi connectivity index (χ4n) is 1.85. The van der Waals surface area contributed by atoms with Crippen molar-refractivity contribution in [1.29, 1.82) is 0 Å². The molecule has 0 radical (unpaired) electrons. The number of rotatable bonds is 4. The van der Waals surface area contributed by atoms with Crippen molar-refractivity contribution in [2.24, 2.45) is 0 Å². The largest absolute Gasteiger partial charge is 0.464 e. The number of nitrogens with zero attached hydrogens (tertiary/aromatic N) is 3. The Balaban J connectivity index is 1.89. The van der Waals surface area contributed by atoms with Gasteiger partial charge >= 0.3 is 5.97 Å². The van der Waals surface area contributed by atoms with Gasteiger partial charge in [-0.15, -0.1) is 0 Å². The van der Waals surface area contributed by atoms with E-state index in [4.69, 9.17) is 9.47 Å². The second-order valence-corrected chi connectivity index (χ2v) is 3.89. The minimum atomic E-state index is -0.343. The van der Waals surface area contributed by atoms with Gasteiger partial charge in [0.1, 0.15) is 5.69 Å². The number of carbonyl (C=O) groups excluding carboxylic acids is 1. The zero-order chi connectivity index (χ0) is 12.1. The Morgan fingerprint density at radius 2 is 2.24 bits per heavy atom. The average molecular weight is 239 g/mol. The molecule has 1 fully saturated rings. The first kappa shape index (κ1) is 12.1. The minimum absolute atomic E-state index is 0.343. The molecule has 1 saturated heterocycles. The van der Waals surface area contributed by atoms with Gasteiger partial charge in [-0.1, -0.05) is 0 Å². The van der Waals surface area contributed by atoms with Crippen LogP contribution >= 0.6 is 0 Å². The fraction of sp³-hybridized carbons (Fsp3) is 0.636. The number of hydrogen-bond acceptors (Lipinski definition) is 5. The predicted octanol–water partition coefficient (Wildman–Crippen LogP) is 0.00190. The standard InChI is InChI=1S/C11H17N3O3/c1-16-11(15)10-2-3-12-14(10)5-4-13-6-8-17-9-7-13/h2-3H,4-9H2,1H3. The van der Waals surface area contributed by atoms with Crippen LogP contribution in [-0.2, 0) is 16.0 Å². The van der Waals surface area contributed by atoms with E-state index in [1.54, 1.807) is 16.9 Å². The van der Waals surface area contributed by atoms with E-state index in [1.807, 2.05) is 0 Å². The summed E-state index contributed by atoms with van der Waals surface area (Å²) in [6, 6.07) is 1.67. The minimum Gasteiger partial charge on any atom is -0.464 e.